The van der Waals surface area contributed by atoms with Crippen LogP contribution in [0.15, 0.2) is 12.1 Å². The number of halogens is 1. The SMILES string of the molecule is CN(c1nc(Cl)ccc1C(=O)O)C1CCCCCC1. The zero-order valence-corrected chi connectivity index (χ0v) is 11.9. The molecule has 19 heavy (non-hydrogen) atoms. The van der Waals surface area contributed by atoms with Crippen LogP contribution >= 0.6 is 11.6 Å². The van der Waals surface area contributed by atoms with Gasteiger partial charge in [0.2, 0.25) is 0 Å². The maximum atomic E-state index is 11.3. The van der Waals surface area contributed by atoms with Crippen molar-refractivity contribution in [2.75, 3.05) is 11.9 Å². The lowest BCUT2D eigenvalue weighted by Crippen LogP contribution is -2.33. The van der Waals surface area contributed by atoms with Crippen LogP contribution < -0.4 is 4.90 Å². The fraction of sp³-hybridized carbons (Fsp3) is 0.571. The van der Waals surface area contributed by atoms with Crippen molar-refractivity contribution in [3.8, 4) is 0 Å². The van der Waals surface area contributed by atoms with Crippen molar-refractivity contribution >= 4 is 23.4 Å². The van der Waals surface area contributed by atoms with Crippen molar-refractivity contribution in [2.45, 2.75) is 44.6 Å². The van der Waals surface area contributed by atoms with Gasteiger partial charge in [-0.2, -0.15) is 0 Å². The van der Waals surface area contributed by atoms with E-state index in [1.807, 2.05) is 11.9 Å². The van der Waals surface area contributed by atoms with E-state index < -0.39 is 5.97 Å². The van der Waals surface area contributed by atoms with Gasteiger partial charge in [-0.3, -0.25) is 0 Å². The fourth-order valence-electron chi connectivity index (χ4n) is 2.68. The van der Waals surface area contributed by atoms with Gasteiger partial charge in [0.1, 0.15) is 16.5 Å². The number of aromatic carboxylic acids is 1. The average molecular weight is 283 g/mol. The van der Waals surface area contributed by atoms with Gasteiger partial charge >= 0.3 is 5.97 Å². The molecule has 4 nitrogen and oxygen atoms in total. The van der Waals surface area contributed by atoms with Crippen molar-refractivity contribution in [1.82, 2.24) is 4.98 Å². The second kappa shape index (κ2) is 6.24. The minimum atomic E-state index is -0.959. The Morgan fingerprint density at radius 2 is 1.95 bits per heavy atom. The third-order valence-electron chi connectivity index (χ3n) is 3.78. The lowest BCUT2D eigenvalue weighted by Gasteiger charge is -2.29. The second-order valence-electron chi connectivity index (χ2n) is 5.07. The molecule has 1 heterocycles. The normalized spacial score (nSPS) is 16.9. The Kier molecular flexibility index (Phi) is 4.64. The number of carbonyl (C=O) groups is 1. The molecule has 1 fully saturated rings. The van der Waals surface area contributed by atoms with Gasteiger partial charge in [-0.1, -0.05) is 37.3 Å². The molecule has 1 saturated carbocycles. The number of pyridine rings is 1. The number of rotatable bonds is 3. The molecule has 0 aromatic carbocycles. The third-order valence-corrected chi connectivity index (χ3v) is 3.99. The molecule has 0 aliphatic heterocycles. The molecule has 1 aliphatic carbocycles. The summed E-state index contributed by atoms with van der Waals surface area (Å²) in [6.07, 6.45) is 7.08. The molecule has 0 radical (unpaired) electrons. The van der Waals surface area contributed by atoms with Gasteiger partial charge in [0.05, 0.1) is 0 Å². The first-order valence-corrected chi connectivity index (χ1v) is 7.10. The molecular weight excluding hydrogens is 264 g/mol. The van der Waals surface area contributed by atoms with E-state index in [2.05, 4.69) is 4.98 Å². The molecule has 5 heteroatoms. The second-order valence-corrected chi connectivity index (χ2v) is 5.45. The Hall–Kier alpha value is -1.29. The first-order valence-electron chi connectivity index (χ1n) is 6.72. The first-order chi connectivity index (χ1) is 9.09. The van der Waals surface area contributed by atoms with Crippen LogP contribution in [0, 0.1) is 0 Å². The first kappa shape index (κ1) is 14.1. The van der Waals surface area contributed by atoms with Crippen LogP contribution in [0.25, 0.3) is 0 Å². The molecule has 0 bridgehead atoms. The number of hydrogen-bond donors (Lipinski definition) is 1. The number of hydrogen-bond acceptors (Lipinski definition) is 3. The van der Waals surface area contributed by atoms with Gasteiger partial charge in [-0.15, -0.1) is 0 Å². The van der Waals surface area contributed by atoms with E-state index in [-0.39, 0.29) is 5.56 Å². The third kappa shape index (κ3) is 3.38. The van der Waals surface area contributed by atoms with Gasteiger partial charge in [-0.05, 0) is 25.0 Å². The van der Waals surface area contributed by atoms with Crippen LogP contribution in [0.5, 0.6) is 0 Å². The minimum absolute atomic E-state index is 0.219. The summed E-state index contributed by atoms with van der Waals surface area (Å²) in [5.74, 6) is -0.480. The van der Waals surface area contributed by atoms with Crippen LogP contribution in [0.1, 0.15) is 48.9 Å². The van der Waals surface area contributed by atoms with Crippen LogP contribution in [0.3, 0.4) is 0 Å². The fourth-order valence-corrected chi connectivity index (χ4v) is 2.82. The quantitative estimate of drug-likeness (QED) is 0.680. The van der Waals surface area contributed by atoms with Gasteiger partial charge in [0.15, 0.2) is 0 Å². The zero-order valence-electron chi connectivity index (χ0n) is 11.1. The molecule has 2 rings (SSSR count). The molecule has 0 amide bonds. The molecule has 104 valence electrons. The van der Waals surface area contributed by atoms with Crippen LogP contribution in [0.2, 0.25) is 5.15 Å². The number of nitrogens with zero attached hydrogens (tertiary/aromatic N) is 2. The Bertz CT molecular complexity index is 457. The Labute approximate surface area is 118 Å². The molecular formula is C14H19ClN2O2. The van der Waals surface area contributed by atoms with Crippen LogP contribution in [-0.2, 0) is 0 Å². The standard InChI is InChI=1S/C14H19ClN2O2/c1-17(10-6-4-2-3-5-7-10)13-11(14(18)19)8-9-12(15)16-13/h8-10H,2-7H2,1H3,(H,18,19). The maximum Gasteiger partial charge on any atom is 0.339 e. The van der Waals surface area contributed by atoms with E-state index in [0.717, 1.165) is 12.8 Å². The van der Waals surface area contributed by atoms with E-state index in [0.29, 0.717) is 17.0 Å². The van der Waals surface area contributed by atoms with E-state index in [1.165, 1.54) is 37.8 Å². The summed E-state index contributed by atoms with van der Waals surface area (Å²) < 4.78 is 0. The summed E-state index contributed by atoms with van der Waals surface area (Å²) in [6, 6.07) is 3.40. The number of aromatic nitrogens is 1. The smallest absolute Gasteiger partial charge is 0.339 e. The summed E-state index contributed by atoms with van der Waals surface area (Å²) in [5.41, 5.74) is 0.219. The van der Waals surface area contributed by atoms with Gasteiger partial charge in [0.25, 0.3) is 0 Å². The minimum Gasteiger partial charge on any atom is -0.478 e. The van der Waals surface area contributed by atoms with Crippen molar-refractivity contribution in [1.29, 1.82) is 0 Å². The zero-order chi connectivity index (χ0) is 13.8. The molecule has 1 aromatic rings. The highest BCUT2D eigenvalue weighted by Gasteiger charge is 2.22. The largest absolute Gasteiger partial charge is 0.478 e. The summed E-state index contributed by atoms with van der Waals surface area (Å²) >= 11 is 5.91. The van der Waals surface area contributed by atoms with Crippen LogP contribution in [0.4, 0.5) is 5.82 Å². The van der Waals surface area contributed by atoms with Crippen molar-refractivity contribution in [2.24, 2.45) is 0 Å². The van der Waals surface area contributed by atoms with E-state index in [4.69, 9.17) is 11.6 Å². The molecule has 0 spiro atoms. The lowest BCUT2D eigenvalue weighted by atomic mass is 10.1. The number of carboxylic acids is 1. The van der Waals surface area contributed by atoms with Crippen molar-refractivity contribution < 1.29 is 9.90 Å². The molecule has 0 saturated heterocycles. The Morgan fingerprint density at radius 3 is 2.53 bits per heavy atom. The molecule has 1 aromatic heterocycles. The summed E-state index contributed by atoms with van der Waals surface area (Å²) in [4.78, 5) is 17.5. The molecule has 1 aliphatic rings. The predicted octanol–water partition coefficient (Wildman–Crippen LogP) is 3.59. The highest BCUT2D eigenvalue weighted by atomic mass is 35.5. The van der Waals surface area contributed by atoms with E-state index in [9.17, 15) is 9.90 Å². The molecule has 0 atom stereocenters. The Balaban J connectivity index is 2.28. The highest BCUT2D eigenvalue weighted by molar-refractivity contribution is 6.29. The van der Waals surface area contributed by atoms with Gasteiger partial charge in [-0.25, -0.2) is 9.78 Å². The summed E-state index contributed by atoms with van der Waals surface area (Å²) in [7, 11) is 1.92. The van der Waals surface area contributed by atoms with Crippen molar-refractivity contribution in [3.63, 3.8) is 0 Å². The van der Waals surface area contributed by atoms with Crippen molar-refractivity contribution in [3.05, 3.63) is 22.8 Å². The molecule has 1 N–H and O–H groups in total. The summed E-state index contributed by atoms with van der Waals surface area (Å²) in [6.45, 7) is 0. The Morgan fingerprint density at radius 1 is 1.32 bits per heavy atom. The average Bonchev–Trinajstić information content (AvgIpc) is 2.66. The van der Waals surface area contributed by atoms with E-state index in [1.54, 1.807) is 0 Å². The highest BCUT2D eigenvalue weighted by Crippen LogP contribution is 2.27. The number of anilines is 1. The monoisotopic (exact) mass is 282 g/mol. The van der Waals surface area contributed by atoms with Gasteiger partial charge < -0.3 is 10.0 Å². The van der Waals surface area contributed by atoms with Crippen LogP contribution in [-0.4, -0.2) is 29.1 Å². The summed E-state index contributed by atoms with van der Waals surface area (Å²) in [5, 5.41) is 9.58. The maximum absolute atomic E-state index is 11.3. The number of carboxylic acid groups (broad SMARTS) is 1. The topological polar surface area (TPSA) is 53.4 Å². The van der Waals surface area contributed by atoms with E-state index >= 15 is 0 Å². The molecule has 0 unspecified atom stereocenters. The predicted molar refractivity (Wildman–Crippen MR) is 76.1 cm³/mol. The lowest BCUT2D eigenvalue weighted by molar-refractivity contribution is 0.0697. The van der Waals surface area contributed by atoms with Gasteiger partial charge in [0, 0.05) is 13.1 Å².